The molecule has 5 rings (SSSR count). The maximum Gasteiger partial charge on any atom is 0.433 e. The van der Waals surface area contributed by atoms with Crippen molar-refractivity contribution in [1.29, 1.82) is 0 Å². The van der Waals surface area contributed by atoms with Gasteiger partial charge in [-0.1, -0.05) is 0 Å². The third-order valence-electron chi connectivity index (χ3n) is 6.21. The number of anilines is 2. The molecule has 3 aromatic heterocycles. The maximum atomic E-state index is 14.1. The highest BCUT2D eigenvalue weighted by molar-refractivity contribution is 5.57. The number of nitrogens with zero attached hydrogens (tertiary/aromatic N) is 6. The third kappa shape index (κ3) is 4.62. The molecule has 0 aromatic carbocycles. The molecule has 0 unspecified atom stereocenters. The Morgan fingerprint density at radius 2 is 1.77 bits per heavy atom. The van der Waals surface area contributed by atoms with E-state index >= 15 is 0 Å². The third-order valence-corrected chi connectivity index (χ3v) is 6.21. The predicted molar refractivity (Wildman–Crippen MR) is 107 cm³/mol. The number of hydrogen-bond donors (Lipinski definition) is 1. The molecule has 3 atom stereocenters. The highest BCUT2D eigenvalue weighted by Crippen LogP contribution is 2.40. The van der Waals surface area contributed by atoms with Gasteiger partial charge in [0.1, 0.15) is 12.0 Å². The summed E-state index contributed by atoms with van der Waals surface area (Å²) in [5, 5.41) is 6.94. The van der Waals surface area contributed by atoms with Crippen molar-refractivity contribution in [3.63, 3.8) is 0 Å². The van der Waals surface area contributed by atoms with Gasteiger partial charge in [-0.25, -0.2) is 18.9 Å². The minimum absolute atomic E-state index is 0.00207. The number of piperidine rings is 1. The fourth-order valence-electron chi connectivity index (χ4n) is 4.81. The lowest BCUT2D eigenvalue weighted by molar-refractivity contribution is -0.153. The fourth-order valence-corrected chi connectivity index (χ4v) is 4.81. The largest absolute Gasteiger partial charge is 0.480 e. The Morgan fingerprint density at radius 3 is 2.40 bits per heavy atom. The van der Waals surface area contributed by atoms with E-state index in [1.54, 1.807) is 4.90 Å². The van der Waals surface area contributed by atoms with Crippen molar-refractivity contribution >= 4 is 17.4 Å². The quantitative estimate of drug-likeness (QED) is 0.526. The molecule has 15 heteroatoms. The second-order valence-corrected chi connectivity index (χ2v) is 8.52. The van der Waals surface area contributed by atoms with E-state index in [0.717, 1.165) is 25.1 Å². The number of aromatic nitrogens is 5. The van der Waals surface area contributed by atoms with Gasteiger partial charge in [0.05, 0.1) is 6.20 Å². The smallest absolute Gasteiger partial charge is 0.433 e. The first-order valence-corrected chi connectivity index (χ1v) is 10.6. The van der Waals surface area contributed by atoms with Gasteiger partial charge in [0.15, 0.2) is 29.6 Å². The molecule has 1 aliphatic carbocycles. The molecule has 2 bridgehead atoms. The van der Waals surface area contributed by atoms with Gasteiger partial charge in [0.25, 0.3) is 0 Å². The van der Waals surface area contributed by atoms with Crippen molar-refractivity contribution in [2.24, 2.45) is 11.8 Å². The minimum atomic E-state index is -4.82. The Bertz CT molecular complexity index is 1210. The van der Waals surface area contributed by atoms with Crippen molar-refractivity contribution in [3.8, 4) is 5.75 Å². The van der Waals surface area contributed by atoms with E-state index in [-0.39, 0.29) is 29.6 Å². The van der Waals surface area contributed by atoms with Crippen molar-refractivity contribution in [2.45, 2.75) is 31.2 Å². The Labute approximate surface area is 193 Å². The van der Waals surface area contributed by atoms with Gasteiger partial charge in [-0.05, 0) is 36.8 Å². The molecule has 4 heterocycles. The summed E-state index contributed by atoms with van der Waals surface area (Å²) in [6.45, 7) is -0.793. The average Bonchev–Trinajstić information content (AvgIpc) is 3.28. The molecule has 0 amide bonds. The van der Waals surface area contributed by atoms with Gasteiger partial charge in [0.2, 0.25) is 5.95 Å². The number of halogens is 7. The van der Waals surface area contributed by atoms with E-state index in [2.05, 4.69) is 30.1 Å². The number of hydrogen-bond acceptors (Lipinski definition) is 7. The van der Waals surface area contributed by atoms with Crippen LogP contribution in [0.3, 0.4) is 0 Å². The lowest BCUT2D eigenvalue weighted by atomic mass is 9.92. The number of alkyl halides is 6. The zero-order chi connectivity index (χ0) is 25.0. The first kappa shape index (κ1) is 23.4. The van der Waals surface area contributed by atoms with Crippen LogP contribution in [0.1, 0.15) is 18.5 Å². The van der Waals surface area contributed by atoms with Crippen LogP contribution in [-0.2, 0) is 6.18 Å². The Balaban J connectivity index is 1.41. The van der Waals surface area contributed by atoms with Gasteiger partial charge >= 0.3 is 12.4 Å². The topological polar surface area (TPSA) is 80.5 Å². The summed E-state index contributed by atoms with van der Waals surface area (Å²) in [7, 11) is 0. The van der Waals surface area contributed by atoms with Crippen molar-refractivity contribution in [3.05, 3.63) is 36.2 Å². The lowest BCUT2D eigenvalue weighted by Crippen LogP contribution is -2.48. The molecule has 188 valence electrons. The number of rotatable bonds is 5. The zero-order valence-electron chi connectivity index (χ0n) is 17.8. The van der Waals surface area contributed by atoms with Crippen LogP contribution in [0.25, 0.3) is 5.65 Å². The highest BCUT2D eigenvalue weighted by Gasteiger charge is 2.44. The number of pyridine rings is 1. The Morgan fingerprint density at radius 1 is 1.06 bits per heavy atom. The van der Waals surface area contributed by atoms with Crippen LogP contribution in [0.2, 0.25) is 0 Å². The summed E-state index contributed by atoms with van der Waals surface area (Å²) in [5.41, 5.74) is -1.69. The molecular formula is C20H18F7N7O. The standard InChI is InChI=1S/C20H18F7N7O/c21-12-5-28-9-29-16(12)33-6-10-1-2-11(7-33)15(10)30-18-31-17-13(35-8-19(22,23)24)3-4-14(20(25,26)27)34(17)32-18/h3-5,9-11,15H,1-2,6-8H2,(H,30,32)/t10-,11+,15-. The molecule has 2 fully saturated rings. The number of fused-ring (bicyclic) bond motifs is 3. The summed E-state index contributed by atoms with van der Waals surface area (Å²) < 4.78 is 97.5. The van der Waals surface area contributed by atoms with E-state index in [4.69, 9.17) is 0 Å². The molecule has 0 spiro atoms. The van der Waals surface area contributed by atoms with E-state index in [0.29, 0.717) is 23.7 Å². The Kier molecular flexibility index (Phi) is 5.59. The molecule has 3 aromatic rings. The molecule has 35 heavy (non-hydrogen) atoms. The lowest BCUT2D eigenvalue weighted by Gasteiger charge is -2.38. The second-order valence-electron chi connectivity index (χ2n) is 8.52. The predicted octanol–water partition coefficient (Wildman–Crippen LogP) is 3.95. The van der Waals surface area contributed by atoms with E-state index in [1.165, 1.54) is 6.33 Å². The van der Waals surface area contributed by atoms with E-state index in [1.807, 2.05) is 0 Å². The molecule has 2 aliphatic rings. The molecule has 8 nitrogen and oxygen atoms in total. The normalized spacial score (nSPS) is 22.6. The van der Waals surface area contributed by atoms with Crippen molar-refractivity contribution in [1.82, 2.24) is 24.6 Å². The first-order valence-electron chi connectivity index (χ1n) is 10.6. The summed E-state index contributed by atoms with van der Waals surface area (Å²) in [4.78, 5) is 13.5. The molecule has 1 aliphatic heterocycles. The first-order chi connectivity index (χ1) is 16.5. The average molecular weight is 505 g/mol. The van der Waals surface area contributed by atoms with Crippen LogP contribution < -0.4 is 15.0 Å². The van der Waals surface area contributed by atoms with Gasteiger partial charge < -0.3 is 15.0 Å². The monoisotopic (exact) mass is 505 g/mol. The molecule has 0 radical (unpaired) electrons. The number of ether oxygens (including phenoxy) is 1. The maximum absolute atomic E-state index is 14.1. The highest BCUT2D eigenvalue weighted by atomic mass is 19.4. The molecule has 1 N–H and O–H groups in total. The zero-order valence-corrected chi connectivity index (χ0v) is 17.8. The van der Waals surface area contributed by atoms with Crippen LogP contribution in [0.4, 0.5) is 42.5 Å². The van der Waals surface area contributed by atoms with Crippen LogP contribution in [0.5, 0.6) is 5.75 Å². The summed E-state index contributed by atoms with van der Waals surface area (Å²) in [5.74, 6) is -1.01. The van der Waals surface area contributed by atoms with Gasteiger partial charge in [-0.2, -0.15) is 31.3 Å². The van der Waals surface area contributed by atoms with E-state index < -0.39 is 41.9 Å². The fraction of sp³-hybridized carbons (Fsp3) is 0.500. The van der Waals surface area contributed by atoms with Crippen molar-refractivity contribution in [2.75, 3.05) is 29.9 Å². The van der Waals surface area contributed by atoms with Gasteiger partial charge in [-0.15, -0.1) is 5.10 Å². The summed E-state index contributed by atoms with van der Waals surface area (Å²) >= 11 is 0. The second kappa shape index (κ2) is 8.37. The van der Waals surface area contributed by atoms with Gasteiger partial charge in [0, 0.05) is 19.1 Å². The Hall–Kier alpha value is -3.39. The van der Waals surface area contributed by atoms with Crippen LogP contribution >= 0.6 is 0 Å². The van der Waals surface area contributed by atoms with Crippen LogP contribution in [-0.4, -0.2) is 56.5 Å². The summed E-state index contributed by atoms with van der Waals surface area (Å²) in [6.07, 6.45) is -5.61. The molecule has 1 saturated carbocycles. The number of nitrogens with one attached hydrogen (secondary N) is 1. The minimum Gasteiger partial charge on any atom is -0.480 e. The van der Waals surface area contributed by atoms with E-state index in [9.17, 15) is 30.7 Å². The van der Waals surface area contributed by atoms with Crippen LogP contribution in [0, 0.1) is 17.7 Å². The van der Waals surface area contributed by atoms with Crippen molar-refractivity contribution < 1.29 is 35.5 Å². The SMILES string of the molecule is Fc1cncnc1N1C[C@H]2CC[C@@H](C1)[C@@H]2Nc1nc2c(OCC(F)(F)F)ccc(C(F)(F)F)n2n1. The molecule has 1 saturated heterocycles. The van der Waals surface area contributed by atoms with Crippen LogP contribution in [0.15, 0.2) is 24.7 Å². The molecular weight excluding hydrogens is 487 g/mol. The van der Waals surface area contributed by atoms with Gasteiger partial charge in [-0.3, -0.25) is 0 Å². The summed E-state index contributed by atoms with van der Waals surface area (Å²) in [6, 6.07) is 1.17.